The number of aryl methyl sites for hydroxylation is 1. The van der Waals surface area contributed by atoms with E-state index in [-0.39, 0.29) is 11.7 Å². The van der Waals surface area contributed by atoms with Gasteiger partial charge in [0.1, 0.15) is 5.69 Å². The summed E-state index contributed by atoms with van der Waals surface area (Å²) in [7, 11) is 0. The van der Waals surface area contributed by atoms with E-state index in [1.807, 2.05) is 29.6 Å². The number of Topliss-reactive ketones (excluding diaryl/α,β-unsaturated/α-hetero) is 1. The SMILES string of the molecule is CC(=O)c1c(C)[nH]c(C(=O)Nc2nc(-c3cccc(Br)c3)cs2)c1C. The highest BCUT2D eigenvalue weighted by Gasteiger charge is 2.20. The molecule has 0 fully saturated rings. The summed E-state index contributed by atoms with van der Waals surface area (Å²) in [6.07, 6.45) is 0. The Bertz CT molecular complexity index is 975. The van der Waals surface area contributed by atoms with Gasteiger partial charge in [0, 0.05) is 26.7 Å². The van der Waals surface area contributed by atoms with E-state index in [1.165, 1.54) is 18.3 Å². The Morgan fingerprint density at radius 2 is 2.04 bits per heavy atom. The van der Waals surface area contributed by atoms with Crippen LogP contribution in [0.1, 0.15) is 39.0 Å². The van der Waals surface area contributed by atoms with Gasteiger partial charge in [0.15, 0.2) is 10.9 Å². The van der Waals surface area contributed by atoms with Crippen LogP contribution in [0.2, 0.25) is 0 Å². The zero-order valence-electron chi connectivity index (χ0n) is 13.9. The average Bonchev–Trinajstić information content (AvgIpc) is 3.11. The molecule has 0 atom stereocenters. The highest BCUT2D eigenvalue weighted by atomic mass is 79.9. The van der Waals surface area contributed by atoms with Gasteiger partial charge in [-0.3, -0.25) is 14.9 Å². The summed E-state index contributed by atoms with van der Waals surface area (Å²) >= 11 is 4.80. The van der Waals surface area contributed by atoms with Crippen LogP contribution in [0.5, 0.6) is 0 Å². The molecule has 2 heterocycles. The van der Waals surface area contributed by atoms with Gasteiger partial charge in [0.05, 0.1) is 5.69 Å². The number of halogens is 1. The fourth-order valence-electron chi connectivity index (χ4n) is 2.78. The molecular weight excluding hydrogens is 402 g/mol. The number of benzene rings is 1. The normalized spacial score (nSPS) is 10.7. The van der Waals surface area contributed by atoms with Gasteiger partial charge in [-0.15, -0.1) is 11.3 Å². The molecule has 7 heteroatoms. The first-order valence-corrected chi connectivity index (χ1v) is 9.27. The summed E-state index contributed by atoms with van der Waals surface area (Å²) in [5.74, 6) is -0.361. The molecule has 0 aliphatic carbocycles. The van der Waals surface area contributed by atoms with Crippen molar-refractivity contribution in [3.05, 3.63) is 56.6 Å². The second kappa shape index (κ2) is 6.93. The molecule has 0 aliphatic heterocycles. The van der Waals surface area contributed by atoms with E-state index in [0.717, 1.165) is 15.7 Å². The Balaban J connectivity index is 1.83. The van der Waals surface area contributed by atoms with Crippen LogP contribution in [-0.4, -0.2) is 21.7 Å². The van der Waals surface area contributed by atoms with Crippen molar-refractivity contribution < 1.29 is 9.59 Å². The van der Waals surface area contributed by atoms with Gasteiger partial charge in [0.25, 0.3) is 5.91 Å². The number of rotatable bonds is 4. The van der Waals surface area contributed by atoms with Gasteiger partial charge in [-0.2, -0.15) is 0 Å². The summed E-state index contributed by atoms with van der Waals surface area (Å²) in [6, 6.07) is 7.81. The summed E-state index contributed by atoms with van der Waals surface area (Å²) < 4.78 is 0.970. The number of amides is 1. The zero-order valence-corrected chi connectivity index (χ0v) is 16.3. The van der Waals surface area contributed by atoms with Crippen molar-refractivity contribution >= 4 is 44.1 Å². The lowest BCUT2D eigenvalue weighted by Gasteiger charge is -2.01. The van der Waals surface area contributed by atoms with Crippen molar-refractivity contribution in [1.82, 2.24) is 9.97 Å². The molecule has 2 aromatic heterocycles. The number of H-pyrrole nitrogens is 1. The highest BCUT2D eigenvalue weighted by Crippen LogP contribution is 2.27. The monoisotopic (exact) mass is 417 g/mol. The number of nitrogens with zero attached hydrogens (tertiary/aromatic N) is 1. The van der Waals surface area contributed by atoms with Crippen LogP contribution in [-0.2, 0) is 0 Å². The minimum Gasteiger partial charge on any atom is -0.354 e. The zero-order chi connectivity index (χ0) is 18.1. The van der Waals surface area contributed by atoms with Crippen molar-refractivity contribution in [3.63, 3.8) is 0 Å². The number of aromatic amines is 1. The van der Waals surface area contributed by atoms with E-state index < -0.39 is 0 Å². The number of carbonyl (C=O) groups is 2. The summed E-state index contributed by atoms with van der Waals surface area (Å²) in [6.45, 7) is 5.05. The molecule has 5 nitrogen and oxygen atoms in total. The molecule has 0 aliphatic rings. The first-order valence-electron chi connectivity index (χ1n) is 7.59. The molecular formula is C18H16BrN3O2S. The lowest BCUT2D eigenvalue weighted by atomic mass is 10.1. The molecule has 0 saturated heterocycles. The van der Waals surface area contributed by atoms with Crippen molar-refractivity contribution in [2.75, 3.05) is 5.32 Å². The molecule has 128 valence electrons. The quantitative estimate of drug-likeness (QED) is 0.588. The number of ketones is 1. The van der Waals surface area contributed by atoms with E-state index in [1.54, 1.807) is 13.8 Å². The van der Waals surface area contributed by atoms with Crippen LogP contribution in [0.25, 0.3) is 11.3 Å². The summed E-state index contributed by atoms with van der Waals surface area (Å²) in [5.41, 5.74) is 4.08. The maximum absolute atomic E-state index is 12.5. The molecule has 1 amide bonds. The topological polar surface area (TPSA) is 74.8 Å². The molecule has 0 saturated carbocycles. The van der Waals surface area contributed by atoms with Gasteiger partial charge in [0.2, 0.25) is 0 Å². The van der Waals surface area contributed by atoms with E-state index in [9.17, 15) is 9.59 Å². The number of carbonyl (C=O) groups excluding carboxylic acids is 2. The van der Waals surface area contributed by atoms with Crippen molar-refractivity contribution in [2.45, 2.75) is 20.8 Å². The first-order chi connectivity index (χ1) is 11.9. The number of nitrogens with one attached hydrogen (secondary N) is 2. The maximum Gasteiger partial charge on any atom is 0.274 e. The van der Waals surface area contributed by atoms with Crippen LogP contribution < -0.4 is 5.32 Å². The third-order valence-corrected chi connectivity index (χ3v) is 5.11. The first kappa shape index (κ1) is 17.6. The van der Waals surface area contributed by atoms with Crippen molar-refractivity contribution in [3.8, 4) is 11.3 Å². The Morgan fingerprint density at radius 1 is 1.28 bits per heavy atom. The third kappa shape index (κ3) is 3.57. The second-order valence-corrected chi connectivity index (χ2v) is 7.46. The van der Waals surface area contributed by atoms with Crippen LogP contribution >= 0.6 is 27.3 Å². The van der Waals surface area contributed by atoms with Crippen LogP contribution in [0.3, 0.4) is 0 Å². The van der Waals surface area contributed by atoms with Crippen LogP contribution in [0.15, 0.2) is 34.1 Å². The predicted octanol–water partition coefficient (Wildman–Crippen LogP) is 4.97. The van der Waals surface area contributed by atoms with E-state index >= 15 is 0 Å². The fraction of sp³-hybridized carbons (Fsp3) is 0.167. The lowest BCUT2D eigenvalue weighted by Crippen LogP contribution is -2.13. The number of hydrogen-bond acceptors (Lipinski definition) is 4. The number of hydrogen-bond donors (Lipinski definition) is 2. The molecule has 1 aromatic carbocycles. The van der Waals surface area contributed by atoms with Gasteiger partial charge >= 0.3 is 0 Å². The fourth-order valence-corrected chi connectivity index (χ4v) is 3.89. The van der Waals surface area contributed by atoms with Crippen LogP contribution in [0.4, 0.5) is 5.13 Å². The average molecular weight is 418 g/mol. The number of thiazole rings is 1. The van der Waals surface area contributed by atoms with E-state index in [2.05, 4.69) is 31.2 Å². The molecule has 3 rings (SSSR count). The number of anilines is 1. The largest absolute Gasteiger partial charge is 0.354 e. The Morgan fingerprint density at radius 3 is 2.68 bits per heavy atom. The van der Waals surface area contributed by atoms with Gasteiger partial charge in [-0.1, -0.05) is 28.1 Å². The van der Waals surface area contributed by atoms with E-state index in [4.69, 9.17) is 0 Å². The Labute approximate surface area is 157 Å². The van der Waals surface area contributed by atoms with Gasteiger partial charge in [-0.05, 0) is 38.5 Å². The Hall–Kier alpha value is -2.25. The van der Waals surface area contributed by atoms with Crippen molar-refractivity contribution in [2.24, 2.45) is 0 Å². The standard InChI is InChI=1S/C18H16BrN3O2S/c1-9-15(11(3)23)10(2)20-16(9)17(24)22-18-21-14(8-25-18)12-5-4-6-13(19)7-12/h4-8,20H,1-3H3,(H,21,22,24). The second-order valence-electron chi connectivity index (χ2n) is 5.68. The third-order valence-electron chi connectivity index (χ3n) is 3.86. The van der Waals surface area contributed by atoms with Crippen molar-refractivity contribution in [1.29, 1.82) is 0 Å². The van der Waals surface area contributed by atoms with Gasteiger partial charge < -0.3 is 4.98 Å². The minimum absolute atomic E-state index is 0.0588. The van der Waals surface area contributed by atoms with Gasteiger partial charge in [-0.25, -0.2) is 4.98 Å². The molecule has 0 radical (unpaired) electrons. The minimum atomic E-state index is -0.303. The number of aromatic nitrogens is 2. The molecule has 0 bridgehead atoms. The molecule has 25 heavy (non-hydrogen) atoms. The molecule has 0 unspecified atom stereocenters. The summed E-state index contributed by atoms with van der Waals surface area (Å²) in [4.78, 5) is 31.7. The Kier molecular flexibility index (Phi) is 4.87. The lowest BCUT2D eigenvalue weighted by molar-refractivity contribution is 0.101. The molecule has 3 aromatic rings. The summed E-state index contributed by atoms with van der Waals surface area (Å²) in [5, 5.41) is 5.20. The van der Waals surface area contributed by atoms with Crippen LogP contribution in [0, 0.1) is 13.8 Å². The van der Waals surface area contributed by atoms with E-state index in [0.29, 0.717) is 27.6 Å². The highest BCUT2D eigenvalue weighted by molar-refractivity contribution is 9.10. The predicted molar refractivity (Wildman–Crippen MR) is 103 cm³/mol. The smallest absolute Gasteiger partial charge is 0.274 e. The molecule has 0 spiro atoms. The molecule has 2 N–H and O–H groups in total. The maximum atomic E-state index is 12.5.